The fourth-order valence-corrected chi connectivity index (χ4v) is 4.54. The SMILES string of the molecule is COc1ccc(N2CCN(C(=O)CSc3cc(C)nc(-c4ccc(C)cc4)n3)CC2)cc1. The van der Waals surface area contributed by atoms with E-state index in [1.165, 1.54) is 17.3 Å². The minimum atomic E-state index is 0.150. The molecule has 1 saturated heterocycles. The summed E-state index contributed by atoms with van der Waals surface area (Å²) < 4.78 is 5.23. The highest BCUT2D eigenvalue weighted by Crippen LogP contribution is 2.24. The molecule has 4 rings (SSSR count). The molecule has 0 atom stereocenters. The number of hydrogen-bond acceptors (Lipinski definition) is 6. The van der Waals surface area contributed by atoms with Gasteiger partial charge in [-0.05, 0) is 44.2 Å². The first-order valence-corrected chi connectivity index (χ1v) is 11.7. The lowest BCUT2D eigenvalue weighted by atomic mass is 10.1. The van der Waals surface area contributed by atoms with Gasteiger partial charge in [0.15, 0.2) is 5.82 Å². The minimum absolute atomic E-state index is 0.150. The van der Waals surface area contributed by atoms with Crippen LogP contribution in [0.4, 0.5) is 5.69 Å². The fourth-order valence-electron chi connectivity index (χ4n) is 3.68. The van der Waals surface area contributed by atoms with Crippen molar-refractivity contribution in [3.63, 3.8) is 0 Å². The molecule has 3 aromatic rings. The highest BCUT2D eigenvalue weighted by molar-refractivity contribution is 7.99. The maximum atomic E-state index is 12.8. The smallest absolute Gasteiger partial charge is 0.233 e. The molecule has 1 amide bonds. The van der Waals surface area contributed by atoms with Crippen molar-refractivity contribution in [1.82, 2.24) is 14.9 Å². The van der Waals surface area contributed by atoms with E-state index in [-0.39, 0.29) is 5.91 Å². The lowest BCUT2D eigenvalue weighted by Gasteiger charge is -2.36. The summed E-state index contributed by atoms with van der Waals surface area (Å²) in [5.41, 5.74) is 4.25. The number of ether oxygens (including phenoxy) is 1. The molecule has 0 unspecified atom stereocenters. The van der Waals surface area contributed by atoms with Crippen LogP contribution in [-0.2, 0) is 4.79 Å². The van der Waals surface area contributed by atoms with Crippen molar-refractivity contribution in [3.05, 3.63) is 65.9 Å². The molecule has 0 bridgehead atoms. The van der Waals surface area contributed by atoms with E-state index in [4.69, 9.17) is 4.74 Å². The molecule has 0 aliphatic carbocycles. The summed E-state index contributed by atoms with van der Waals surface area (Å²) in [7, 11) is 1.67. The second-order valence-electron chi connectivity index (χ2n) is 7.89. The summed E-state index contributed by atoms with van der Waals surface area (Å²) >= 11 is 1.48. The monoisotopic (exact) mass is 448 g/mol. The third kappa shape index (κ3) is 5.40. The van der Waals surface area contributed by atoms with Gasteiger partial charge < -0.3 is 14.5 Å². The van der Waals surface area contributed by atoms with Gasteiger partial charge in [0.25, 0.3) is 0 Å². The number of aromatic nitrogens is 2. The van der Waals surface area contributed by atoms with Gasteiger partial charge in [0, 0.05) is 43.1 Å². The maximum absolute atomic E-state index is 12.8. The molecular weight excluding hydrogens is 420 g/mol. The zero-order valence-electron chi connectivity index (χ0n) is 18.7. The predicted molar refractivity (Wildman–Crippen MR) is 129 cm³/mol. The van der Waals surface area contributed by atoms with E-state index in [9.17, 15) is 4.79 Å². The van der Waals surface area contributed by atoms with Crippen molar-refractivity contribution < 1.29 is 9.53 Å². The molecule has 166 valence electrons. The Hall–Kier alpha value is -3.06. The van der Waals surface area contributed by atoms with Gasteiger partial charge in [-0.3, -0.25) is 4.79 Å². The second kappa shape index (κ2) is 10.0. The van der Waals surface area contributed by atoms with Crippen molar-refractivity contribution >= 4 is 23.4 Å². The zero-order chi connectivity index (χ0) is 22.5. The lowest BCUT2D eigenvalue weighted by molar-refractivity contribution is -0.128. The Bertz CT molecular complexity index is 1060. The van der Waals surface area contributed by atoms with Crippen LogP contribution in [-0.4, -0.2) is 59.8 Å². The molecule has 2 heterocycles. The molecule has 0 saturated carbocycles. The van der Waals surface area contributed by atoms with Crippen LogP contribution in [0, 0.1) is 13.8 Å². The molecule has 6 nitrogen and oxygen atoms in total. The molecule has 1 aromatic heterocycles. The molecular formula is C25H28N4O2S. The Kier molecular flexibility index (Phi) is 6.95. The zero-order valence-corrected chi connectivity index (χ0v) is 19.6. The highest BCUT2D eigenvalue weighted by Gasteiger charge is 2.21. The number of methoxy groups -OCH3 is 1. The maximum Gasteiger partial charge on any atom is 0.233 e. The number of carbonyl (C=O) groups is 1. The number of thioether (sulfide) groups is 1. The van der Waals surface area contributed by atoms with Gasteiger partial charge in [0.1, 0.15) is 10.8 Å². The predicted octanol–water partition coefficient (Wildman–Crippen LogP) is 4.21. The lowest BCUT2D eigenvalue weighted by Crippen LogP contribution is -2.49. The first-order valence-electron chi connectivity index (χ1n) is 10.7. The molecule has 0 N–H and O–H groups in total. The normalized spacial score (nSPS) is 13.8. The highest BCUT2D eigenvalue weighted by atomic mass is 32.2. The summed E-state index contributed by atoms with van der Waals surface area (Å²) in [6, 6.07) is 18.2. The number of anilines is 1. The van der Waals surface area contributed by atoms with Crippen LogP contribution in [0.3, 0.4) is 0 Å². The first kappa shape index (κ1) is 22.1. The quantitative estimate of drug-likeness (QED) is 0.416. The molecule has 7 heteroatoms. The Labute approximate surface area is 193 Å². The van der Waals surface area contributed by atoms with Crippen molar-refractivity contribution in [2.24, 2.45) is 0 Å². The number of nitrogens with zero attached hydrogens (tertiary/aromatic N) is 4. The van der Waals surface area contributed by atoms with Crippen LogP contribution in [0.1, 0.15) is 11.3 Å². The Morgan fingerprint density at radius 1 is 0.969 bits per heavy atom. The third-order valence-electron chi connectivity index (χ3n) is 5.55. The third-order valence-corrected chi connectivity index (χ3v) is 6.45. The number of rotatable bonds is 6. The van der Waals surface area contributed by atoms with Crippen LogP contribution in [0.5, 0.6) is 5.75 Å². The molecule has 2 aromatic carbocycles. The van der Waals surface area contributed by atoms with Crippen molar-refractivity contribution in [3.8, 4) is 17.1 Å². The van der Waals surface area contributed by atoms with E-state index in [0.717, 1.165) is 53.9 Å². The van der Waals surface area contributed by atoms with Gasteiger partial charge in [0.2, 0.25) is 5.91 Å². The van der Waals surface area contributed by atoms with Crippen LogP contribution < -0.4 is 9.64 Å². The Morgan fingerprint density at radius 2 is 1.66 bits per heavy atom. The number of hydrogen-bond donors (Lipinski definition) is 0. The molecule has 1 aliphatic rings. The molecule has 0 radical (unpaired) electrons. The van der Waals surface area contributed by atoms with E-state index < -0.39 is 0 Å². The van der Waals surface area contributed by atoms with Gasteiger partial charge >= 0.3 is 0 Å². The number of aryl methyl sites for hydroxylation is 2. The second-order valence-corrected chi connectivity index (χ2v) is 8.89. The summed E-state index contributed by atoms with van der Waals surface area (Å²) in [6.45, 7) is 7.12. The van der Waals surface area contributed by atoms with Gasteiger partial charge in [0.05, 0.1) is 12.9 Å². The number of piperazine rings is 1. The Morgan fingerprint density at radius 3 is 2.31 bits per heavy atom. The van der Waals surface area contributed by atoms with Crippen molar-refractivity contribution in [1.29, 1.82) is 0 Å². The molecule has 1 aliphatic heterocycles. The van der Waals surface area contributed by atoms with E-state index in [1.807, 2.05) is 42.2 Å². The number of carbonyl (C=O) groups excluding carboxylic acids is 1. The van der Waals surface area contributed by atoms with E-state index in [0.29, 0.717) is 11.6 Å². The molecule has 0 spiro atoms. The topological polar surface area (TPSA) is 58.6 Å². The average molecular weight is 449 g/mol. The summed E-state index contributed by atoms with van der Waals surface area (Å²) in [4.78, 5) is 26.3. The van der Waals surface area contributed by atoms with Crippen molar-refractivity contribution in [2.75, 3.05) is 43.9 Å². The summed E-state index contributed by atoms with van der Waals surface area (Å²) in [5.74, 6) is 2.09. The Balaban J connectivity index is 1.32. The molecule has 1 fully saturated rings. The number of amides is 1. The summed E-state index contributed by atoms with van der Waals surface area (Å²) in [5, 5.41) is 0.832. The van der Waals surface area contributed by atoms with Gasteiger partial charge in [-0.15, -0.1) is 0 Å². The largest absolute Gasteiger partial charge is 0.497 e. The van der Waals surface area contributed by atoms with Crippen LogP contribution in [0.2, 0.25) is 0 Å². The minimum Gasteiger partial charge on any atom is -0.497 e. The van der Waals surface area contributed by atoms with Crippen LogP contribution >= 0.6 is 11.8 Å². The van der Waals surface area contributed by atoms with Gasteiger partial charge in [-0.25, -0.2) is 9.97 Å². The van der Waals surface area contributed by atoms with Gasteiger partial charge in [-0.2, -0.15) is 0 Å². The fraction of sp³-hybridized carbons (Fsp3) is 0.320. The number of benzene rings is 2. The average Bonchev–Trinajstić information content (AvgIpc) is 2.83. The molecule has 32 heavy (non-hydrogen) atoms. The van der Waals surface area contributed by atoms with Crippen LogP contribution in [0.25, 0.3) is 11.4 Å². The van der Waals surface area contributed by atoms with Gasteiger partial charge in [-0.1, -0.05) is 41.6 Å². The summed E-state index contributed by atoms with van der Waals surface area (Å²) in [6.07, 6.45) is 0. The van der Waals surface area contributed by atoms with Crippen molar-refractivity contribution in [2.45, 2.75) is 18.9 Å². The standard InChI is InChI=1S/C25H28N4O2S/c1-18-4-6-20(7-5-18)25-26-19(2)16-23(27-25)32-17-24(30)29-14-12-28(13-15-29)21-8-10-22(31-3)11-9-21/h4-11,16H,12-15,17H2,1-3H3. The van der Waals surface area contributed by atoms with E-state index in [2.05, 4.69) is 46.1 Å². The van der Waals surface area contributed by atoms with E-state index >= 15 is 0 Å². The van der Waals surface area contributed by atoms with Crippen LogP contribution in [0.15, 0.2) is 59.6 Å². The first-order chi connectivity index (χ1) is 15.5. The van der Waals surface area contributed by atoms with E-state index in [1.54, 1.807) is 7.11 Å².